The normalized spacial score (nSPS) is 22.4. The summed E-state index contributed by atoms with van der Waals surface area (Å²) in [4.78, 5) is 23.2. The van der Waals surface area contributed by atoms with Crippen LogP contribution in [0.25, 0.3) is 11.0 Å². The molecule has 0 bridgehead atoms. The Kier molecular flexibility index (Phi) is 5.29. The number of ether oxygens (including phenoxy) is 3. The van der Waals surface area contributed by atoms with E-state index >= 15 is 0 Å². The van der Waals surface area contributed by atoms with Crippen LogP contribution in [0.4, 0.5) is 10.5 Å². The molecule has 3 heterocycles. The van der Waals surface area contributed by atoms with E-state index in [2.05, 4.69) is 20.6 Å². The minimum absolute atomic E-state index is 0.325. The smallest absolute Gasteiger partial charge is 0.415 e. The number of benzene rings is 1. The first-order valence-electron chi connectivity index (χ1n) is 11.0. The van der Waals surface area contributed by atoms with Crippen LogP contribution in [0.15, 0.2) is 36.8 Å². The highest BCUT2D eigenvalue weighted by Crippen LogP contribution is 2.43. The van der Waals surface area contributed by atoms with Crippen molar-refractivity contribution in [3.05, 3.63) is 42.4 Å². The number of methoxy groups -OCH3 is 2. The number of carbonyl (C=O) groups excluding carboxylic acids is 1. The van der Waals surface area contributed by atoms with Crippen LogP contribution >= 0.6 is 0 Å². The molecule has 2 atom stereocenters. The molecule has 5 rings (SSSR count). The maximum Gasteiger partial charge on any atom is 0.415 e. The monoisotopic (exact) mass is 447 g/mol. The minimum atomic E-state index is -0.543. The van der Waals surface area contributed by atoms with Gasteiger partial charge in [-0.1, -0.05) is 0 Å². The number of pyridine rings is 1. The van der Waals surface area contributed by atoms with Crippen molar-refractivity contribution >= 4 is 22.8 Å². The van der Waals surface area contributed by atoms with Crippen LogP contribution in [0.5, 0.6) is 11.6 Å². The Bertz CT molecular complexity index is 1250. The number of anilines is 1. The van der Waals surface area contributed by atoms with Crippen molar-refractivity contribution in [2.75, 3.05) is 25.7 Å². The molecule has 0 radical (unpaired) electrons. The predicted molar refractivity (Wildman–Crippen MR) is 120 cm³/mol. The zero-order valence-corrected chi connectivity index (χ0v) is 18.7. The molecule has 1 aliphatic heterocycles. The van der Waals surface area contributed by atoms with Crippen LogP contribution < -0.4 is 14.4 Å². The molecular weight excluding hydrogens is 422 g/mol. The summed E-state index contributed by atoms with van der Waals surface area (Å²) in [7, 11) is 3.09. The van der Waals surface area contributed by atoms with Gasteiger partial charge in [-0.2, -0.15) is 5.26 Å². The van der Waals surface area contributed by atoms with Gasteiger partial charge in [0.25, 0.3) is 0 Å². The maximum absolute atomic E-state index is 12.9. The van der Waals surface area contributed by atoms with Gasteiger partial charge in [-0.05, 0) is 49.8 Å². The van der Waals surface area contributed by atoms with E-state index in [9.17, 15) is 10.1 Å². The standard InChI is InChI=1S/C24H25N5O4/c1-31-21-9-22(32-2)26-12-20(21)29-14-24(33-23(29)30)7-3-4-17(10-24)13-28-15-27-18-6-5-16(11-25)8-19(18)28/h5-6,8-9,12,15,17H,3-4,7,10,13-14H2,1-2H3/t17-,24-/m0/s1. The largest absolute Gasteiger partial charge is 0.494 e. The molecule has 1 amide bonds. The fourth-order valence-corrected chi connectivity index (χ4v) is 5.08. The number of nitrogens with zero attached hydrogens (tertiary/aromatic N) is 5. The lowest BCUT2D eigenvalue weighted by Gasteiger charge is -2.36. The fraction of sp³-hybridized carbons (Fsp3) is 0.417. The minimum Gasteiger partial charge on any atom is -0.494 e. The molecule has 1 aliphatic carbocycles. The van der Waals surface area contributed by atoms with E-state index in [1.165, 1.54) is 7.11 Å². The molecule has 2 aromatic heterocycles. The Morgan fingerprint density at radius 1 is 1.27 bits per heavy atom. The molecule has 170 valence electrons. The van der Waals surface area contributed by atoms with Gasteiger partial charge in [0, 0.05) is 12.6 Å². The quantitative estimate of drug-likeness (QED) is 0.584. The molecule has 0 unspecified atom stereocenters. The average Bonchev–Trinajstić information content (AvgIpc) is 3.38. The second kappa shape index (κ2) is 8.28. The van der Waals surface area contributed by atoms with E-state index in [0.29, 0.717) is 35.3 Å². The van der Waals surface area contributed by atoms with E-state index in [1.807, 2.05) is 18.5 Å². The molecule has 1 saturated heterocycles. The summed E-state index contributed by atoms with van der Waals surface area (Å²) < 4.78 is 18.7. The van der Waals surface area contributed by atoms with Crippen molar-refractivity contribution in [1.29, 1.82) is 5.26 Å². The summed E-state index contributed by atoms with van der Waals surface area (Å²) in [6.07, 6.45) is 6.63. The third-order valence-corrected chi connectivity index (χ3v) is 6.62. The lowest BCUT2D eigenvalue weighted by molar-refractivity contribution is 0.00439. The number of aromatic nitrogens is 3. The first kappa shape index (κ1) is 21.1. The molecule has 1 aromatic carbocycles. The number of hydrogen-bond acceptors (Lipinski definition) is 7. The van der Waals surface area contributed by atoms with Gasteiger partial charge in [0.1, 0.15) is 17.0 Å². The Morgan fingerprint density at radius 2 is 2.15 bits per heavy atom. The van der Waals surface area contributed by atoms with Crippen LogP contribution in [0.1, 0.15) is 31.2 Å². The van der Waals surface area contributed by atoms with E-state index in [4.69, 9.17) is 14.2 Å². The topological polar surface area (TPSA) is 103 Å². The van der Waals surface area contributed by atoms with Gasteiger partial charge in [0.2, 0.25) is 5.88 Å². The Balaban J connectivity index is 1.36. The lowest BCUT2D eigenvalue weighted by Crippen LogP contribution is -2.40. The third kappa shape index (κ3) is 3.82. The summed E-state index contributed by atoms with van der Waals surface area (Å²) in [5, 5.41) is 9.24. The number of carbonyl (C=O) groups is 1. The number of fused-ring (bicyclic) bond motifs is 1. The highest BCUT2D eigenvalue weighted by molar-refractivity contribution is 5.92. The molecule has 9 nitrogen and oxygen atoms in total. The molecule has 33 heavy (non-hydrogen) atoms. The van der Waals surface area contributed by atoms with Crippen molar-refractivity contribution in [3.63, 3.8) is 0 Å². The van der Waals surface area contributed by atoms with Crippen LogP contribution in [-0.4, -0.2) is 47.0 Å². The molecule has 9 heteroatoms. The number of imidazole rings is 1. The Labute approximate surface area is 191 Å². The summed E-state index contributed by atoms with van der Waals surface area (Å²) in [6, 6.07) is 9.39. The van der Waals surface area contributed by atoms with Crippen molar-refractivity contribution in [2.24, 2.45) is 5.92 Å². The predicted octanol–water partition coefficient (Wildman–Crippen LogP) is 3.91. The van der Waals surface area contributed by atoms with Gasteiger partial charge in [-0.3, -0.25) is 4.90 Å². The van der Waals surface area contributed by atoms with Gasteiger partial charge in [0.05, 0.1) is 56.0 Å². The van der Waals surface area contributed by atoms with Crippen molar-refractivity contribution in [1.82, 2.24) is 14.5 Å². The zero-order valence-electron chi connectivity index (χ0n) is 18.7. The van der Waals surface area contributed by atoms with Crippen molar-refractivity contribution < 1.29 is 19.0 Å². The van der Waals surface area contributed by atoms with Gasteiger partial charge < -0.3 is 18.8 Å². The SMILES string of the molecule is COc1cc(OC)c(N2C[C@@]3(CCC[C@H](Cn4cnc5ccc(C#N)cc54)C3)OC2=O)cn1. The fourth-order valence-electron chi connectivity index (χ4n) is 5.08. The number of amides is 1. The lowest BCUT2D eigenvalue weighted by atomic mass is 9.78. The first-order chi connectivity index (χ1) is 16.0. The average molecular weight is 447 g/mol. The van der Waals surface area contributed by atoms with Gasteiger partial charge in [-0.25, -0.2) is 14.8 Å². The summed E-state index contributed by atoms with van der Waals surface area (Å²) in [5.74, 6) is 1.26. The Hall–Kier alpha value is -3.80. The zero-order chi connectivity index (χ0) is 23.0. The molecule has 1 saturated carbocycles. The van der Waals surface area contributed by atoms with Gasteiger partial charge in [0.15, 0.2) is 0 Å². The molecular formula is C24H25N5O4. The van der Waals surface area contributed by atoms with E-state index in [1.54, 1.807) is 30.3 Å². The van der Waals surface area contributed by atoms with E-state index in [0.717, 1.165) is 43.3 Å². The highest BCUT2D eigenvalue weighted by Gasteiger charge is 2.49. The summed E-state index contributed by atoms with van der Waals surface area (Å²) in [5.41, 5.74) is 2.47. The number of nitriles is 1. The number of hydrogen-bond donors (Lipinski definition) is 0. The van der Waals surface area contributed by atoms with Crippen molar-refractivity contribution in [2.45, 2.75) is 37.8 Å². The van der Waals surface area contributed by atoms with E-state index < -0.39 is 5.60 Å². The second-order valence-electron chi connectivity index (χ2n) is 8.71. The maximum atomic E-state index is 12.9. The molecule has 0 N–H and O–H groups in total. The second-order valence-corrected chi connectivity index (χ2v) is 8.71. The summed E-state index contributed by atoms with van der Waals surface area (Å²) >= 11 is 0. The summed E-state index contributed by atoms with van der Waals surface area (Å²) in [6.45, 7) is 1.22. The molecule has 2 fully saturated rings. The van der Waals surface area contributed by atoms with Crippen molar-refractivity contribution in [3.8, 4) is 17.7 Å². The number of rotatable bonds is 5. The van der Waals surface area contributed by atoms with Crippen LogP contribution in [0, 0.1) is 17.2 Å². The van der Waals surface area contributed by atoms with Crippen LogP contribution in [0.2, 0.25) is 0 Å². The van der Waals surface area contributed by atoms with Gasteiger partial charge >= 0.3 is 6.09 Å². The Morgan fingerprint density at radius 3 is 2.94 bits per heavy atom. The van der Waals surface area contributed by atoms with E-state index in [-0.39, 0.29) is 6.09 Å². The van der Waals surface area contributed by atoms with Gasteiger partial charge in [-0.15, -0.1) is 0 Å². The van der Waals surface area contributed by atoms with Crippen LogP contribution in [-0.2, 0) is 11.3 Å². The highest BCUT2D eigenvalue weighted by atomic mass is 16.6. The van der Waals surface area contributed by atoms with Crippen LogP contribution in [0.3, 0.4) is 0 Å². The molecule has 2 aliphatic rings. The molecule has 1 spiro atoms. The first-order valence-corrected chi connectivity index (χ1v) is 11.0. The molecule has 3 aromatic rings. The third-order valence-electron chi connectivity index (χ3n) is 6.62.